The van der Waals surface area contributed by atoms with E-state index in [4.69, 9.17) is 4.74 Å². The number of fused-ring (bicyclic) bond motifs is 12. The summed E-state index contributed by atoms with van der Waals surface area (Å²) >= 11 is 0. The molecule has 1 heteroatoms. The van der Waals surface area contributed by atoms with Crippen molar-refractivity contribution < 1.29 is 4.74 Å². The Morgan fingerprint density at radius 3 is 1.88 bits per heavy atom. The first kappa shape index (κ1) is 9.94. The second-order valence-corrected chi connectivity index (χ2v) is 6.82. The minimum absolute atomic E-state index is 0.755. The van der Waals surface area contributed by atoms with Crippen LogP contribution in [-0.2, 0) is 4.74 Å². The zero-order chi connectivity index (χ0) is 10.9. The molecule has 0 spiro atoms. The number of hydrogen-bond donors (Lipinski definition) is 0. The highest BCUT2D eigenvalue weighted by atomic mass is 16.6. The van der Waals surface area contributed by atoms with Gasteiger partial charge in [-0.05, 0) is 61.2 Å². The van der Waals surface area contributed by atoms with Gasteiger partial charge in [0.25, 0.3) is 0 Å². The maximum Gasteiger partial charge on any atom is 0.0875 e. The van der Waals surface area contributed by atoms with E-state index in [0.29, 0.717) is 0 Å². The fourth-order valence-electron chi connectivity index (χ4n) is 5.81. The van der Waals surface area contributed by atoms with E-state index in [9.17, 15) is 0 Å². The summed E-state index contributed by atoms with van der Waals surface area (Å²) < 4.78 is 5.80. The quantitative estimate of drug-likeness (QED) is 0.450. The molecule has 16 heavy (non-hydrogen) atoms. The lowest BCUT2D eigenvalue weighted by molar-refractivity contribution is 0.165. The fourth-order valence-corrected chi connectivity index (χ4v) is 5.81. The van der Waals surface area contributed by atoms with Gasteiger partial charge in [-0.25, -0.2) is 0 Å². The summed E-state index contributed by atoms with van der Waals surface area (Å²) in [5.74, 6) is 6.58. The Morgan fingerprint density at radius 2 is 1.38 bits per heavy atom. The van der Waals surface area contributed by atoms with E-state index in [-0.39, 0.29) is 0 Å². The first-order chi connectivity index (χ1) is 7.85. The summed E-state index contributed by atoms with van der Waals surface area (Å²) in [6, 6.07) is 0. The summed E-state index contributed by atoms with van der Waals surface area (Å²) in [5.41, 5.74) is 0. The van der Waals surface area contributed by atoms with E-state index in [1.54, 1.807) is 25.7 Å². The molecular weight excluding hydrogens is 196 g/mol. The highest BCUT2D eigenvalue weighted by Gasteiger charge is 2.71. The van der Waals surface area contributed by atoms with Gasteiger partial charge in [0.2, 0.25) is 0 Å². The van der Waals surface area contributed by atoms with E-state index in [1.807, 2.05) is 0 Å². The van der Waals surface area contributed by atoms with Crippen LogP contribution >= 0.6 is 0 Å². The number of hydrogen-bond acceptors (Lipinski definition) is 1. The zero-order valence-corrected chi connectivity index (χ0v) is 10.6. The van der Waals surface area contributed by atoms with Crippen LogP contribution in [0, 0.1) is 35.5 Å². The number of epoxide rings is 1. The van der Waals surface area contributed by atoms with E-state index in [0.717, 1.165) is 47.7 Å². The van der Waals surface area contributed by atoms with Gasteiger partial charge in [0.1, 0.15) is 0 Å². The van der Waals surface area contributed by atoms with Gasteiger partial charge in [0.15, 0.2) is 0 Å². The monoisotopic (exact) mass is 220 g/mol. The molecule has 1 aliphatic heterocycles. The highest BCUT2D eigenvalue weighted by molar-refractivity contribution is 5.19. The molecule has 5 rings (SSSR count). The molecule has 4 aliphatic carbocycles. The van der Waals surface area contributed by atoms with E-state index in [2.05, 4.69) is 13.8 Å². The third-order valence-electron chi connectivity index (χ3n) is 5.99. The molecule has 1 heterocycles. The van der Waals surface area contributed by atoms with Crippen molar-refractivity contribution in [1.82, 2.24) is 0 Å². The van der Waals surface area contributed by atoms with Gasteiger partial charge in [-0.15, -0.1) is 0 Å². The Kier molecular flexibility index (Phi) is 2.02. The zero-order valence-electron chi connectivity index (χ0n) is 10.6. The Labute approximate surface area is 98.9 Å². The van der Waals surface area contributed by atoms with Crippen molar-refractivity contribution in [1.29, 1.82) is 0 Å². The van der Waals surface area contributed by atoms with Crippen molar-refractivity contribution >= 4 is 0 Å². The summed E-state index contributed by atoms with van der Waals surface area (Å²) in [7, 11) is 0. The predicted octanol–water partition coefficient (Wildman–Crippen LogP) is 3.48. The molecule has 1 saturated heterocycles. The second kappa shape index (κ2) is 3.25. The highest BCUT2D eigenvalue weighted by Crippen LogP contribution is 2.71. The van der Waals surface area contributed by atoms with Gasteiger partial charge < -0.3 is 4.74 Å². The van der Waals surface area contributed by atoms with Gasteiger partial charge in [-0.1, -0.05) is 20.3 Å². The molecule has 4 saturated carbocycles. The summed E-state index contributed by atoms with van der Waals surface area (Å²) in [4.78, 5) is 0. The molecule has 5 aliphatic rings. The van der Waals surface area contributed by atoms with Crippen LogP contribution in [0.1, 0.15) is 46.0 Å². The van der Waals surface area contributed by atoms with Crippen LogP contribution in [0.25, 0.3) is 0 Å². The Balaban J connectivity index is 0.000000221. The van der Waals surface area contributed by atoms with E-state index >= 15 is 0 Å². The normalized spacial score (nSPS) is 62.6. The molecule has 0 aromatic rings. The van der Waals surface area contributed by atoms with Crippen molar-refractivity contribution in [3.63, 3.8) is 0 Å². The lowest BCUT2D eigenvalue weighted by atomic mass is 9.71. The molecule has 90 valence electrons. The van der Waals surface area contributed by atoms with Crippen LogP contribution in [0.3, 0.4) is 0 Å². The third-order valence-corrected chi connectivity index (χ3v) is 5.99. The van der Waals surface area contributed by atoms with E-state index < -0.39 is 0 Å². The Bertz CT molecular complexity index is 274. The first-order valence-corrected chi connectivity index (χ1v) is 7.50. The molecule has 8 unspecified atom stereocenters. The minimum atomic E-state index is 0.755. The van der Waals surface area contributed by atoms with Crippen molar-refractivity contribution in [2.75, 3.05) is 0 Å². The van der Waals surface area contributed by atoms with Crippen molar-refractivity contribution in [2.45, 2.75) is 58.2 Å². The van der Waals surface area contributed by atoms with Crippen LogP contribution in [0.4, 0.5) is 0 Å². The van der Waals surface area contributed by atoms with Crippen LogP contribution < -0.4 is 0 Å². The smallest absolute Gasteiger partial charge is 0.0875 e. The van der Waals surface area contributed by atoms with Crippen LogP contribution in [-0.4, -0.2) is 12.2 Å². The summed E-state index contributed by atoms with van der Waals surface area (Å²) in [6.07, 6.45) is 9.04. The molecule has 8 atom stereocenters. The molecule has 0 N–H and O–H groups in total. The molecule has 1 nitrogen and oxygen atoms in total. The largest absolute Gasteiger partial charge is 0.369 e. The predicted molar refractivity (Wildman–Crippen MR) is 64.0 cm³/mol. The van der Waals surface area contributed by atoms with Crippen LogP contribution in [0.15, 0.2) is 0 Å². The maximum atomic E-state index is 5.80. The van der Waals surface area contributed by atoms with Crippen molar-refractivity contribution in [2.24, 2.45) is 35.5 Å². The van der Waals surface area contributed by atoms with Gasteiger partial charge in [0.05, 0.1) is 12.2 Å². The molecule has 4 bridgehead atoms. The SMILES string of the molecule is C1CC2CC1C1C3CC(C4OC34)C21.CCC. The lowest BCUT2D eigenvalue weighted by Crippen LogP contribution is -2.32. The van der Waals surface area contributed by atoms with Crippen molar-refractivity contribution in [3.8, 4) is 0 Å². The molecule has 0 aromatic carbocycles. The van der Waals surface area contributed by atoms with Gasteiger partial charge in [0, 0.05) is 0 Å². The third kappa shape index (κ3) is 1.06. The topological polar surface area (TPSA) is 12.5 Å². The molecule has 0 radical (unpaired) electrons. The van der Waals surface area contributed by atoms with Gasteiger partial charge in [-0.3, -0.25) is 0 Å². The summed E-state index contributed by atoms with van der Waals surface area (Å²) in [5, 5.41) is 0. The Hall–Kier alpha value is -0.0400. The lowest BCUT2D eigenvalue weighted by Gasteiger charge is -2.32. The maximum absolute atomic E-state index is 5.80. The number of rotatable bonds is 0. The molecule has 0 aromatic heterocycles. The Morgan fingerprint density at radius 1 is 0.875 bits per heavy atom. The van der Waals surface area contributed by atoms with Gasteiger partial charge >= 0.3 is 0 Å². The second-order valence-electron chi connectivity index (χ2n) is 6.82. The average Bonchev–Trinajstić information content (AvgIpc) is 2.73. The van der Waals surface area contributed by atoms with Crippen molar-refractivity contribution in [3.05, 3.63) is 0 Å². The summed E-state index contributed by atoms with van der Waals surface area (Å²) in [6.45, 7) is 4.25. The fraction of sp³-hybridized carbons (Fsp3) is 1.00. The van der Waals surface area contributed by atoms with E-state index in [1.165, 1.54) is 6.42 Å². The average molecular weight is 220 g/mol. The minimum Gasteiger partial charge on any atom is -0.369 e. The molecular formula is C15H24O. The first-order valence-electron chi connectivity index (χ1n) is 7.50. The van der Waals surface area contributed by atoms with Crippen LogP contribution in [0.2, 0.25) is 0 Å². The van der Waals surface area contributed by atoms with Gasteiger partial charge in [-0.2, -0.15) is 0 Å². The molecule has 0 amide bonds. The molecule has 5 fully saturated rings. The van der Waals surface area contributed by atoms with Crippen LogP contribution in [0.5, 0.6) is 0 Å². The number of ether oxygens (including phenoxy) is 1. The standard InChI is InChI=1S/C12H16O.C3H8/c1-2-6-3-5(1)9-7-4-8(10(6)9)12-11(7)13-12;1-3-2/h5-12H,1-4H2;3H2,1-2H3.